The topological polar surface area (TPSA) is 92.2 Å². The van der Waals surface area contributed by atoms with Crippen LogP contribution in [0.4, 0.5) is 0 Å². The zero-order valence-electron chi connectivity index (χ0n) is 11.1. The first-order chi connectivity index (χ1) is 9.35. The molecule has 0 radical (unpaired) electrons. The van der Waals surface area contributed by atoms with Gasteiger partial charge in [0.2, 0.25) is 0 Å². The van der Waals surface area contributed by atoms with Crippen molar-refractivity contribution in [2.24, 2.45) is 0 Å². The van der Waals surface area contributed by atoms with Crippen LogP contribution in [0.1, 0.15) is 24.4 Å². The molecule has 2 aromatic heterocycles. The Morgan fingerprint density at radius 1 is 1.35 bits per heavy atom. The SMILES string of the molecule is CC(C)(NS(=O)(=O)c1ccc(CO)cn1)c1nccs1. The predicted octanol–water partition coefficient (Wildman–Crippen LogP) is 1.24. The number of aliphatic hydroxyl groups is 1. The number of aromatic nitrogens is 2. The van der Waals surface area contributed by atoms with Crippen molar-refractivity contribution in [3.63, 3.8) is 0 Å². The van der Waals surface area contributed by atoms with Gasteiger partial charge in [-0.25, -0.2) is 18.4 Å². The number of thiazole rings is 1. The van der Waals surface area contributed by atoms with Gasteiger partial charge in [-0.2, -0.15) is 4.72 Å². The van der Waals surface area contributed by atoms with Gasteiger partial charge in [0.15, 0.2) is 5.03 Å². The minimum atomic E-state index is -3.75. The van der Waals surface area contributed by atoms with Gasteiger partial charge in [0.25, 0.3) is 10.0 Å². The standard InChI is InChI=1S/C12H15N3O3S2/c1-12(2,11-13-5-6-19-11)15-20(17,18)10-4-3-9(8-16)7-14-10/h3-7,15-16H,8H2,1-2H3. The molecule has 2 rings (SSSR count). The maximum atomic E-state index is 12.3. The van der Waals surface area contributed by atoms with Crippen LogP contribution in [0.2, 0.25) is 0 Å². The molecule has 2 heterocycles. The van der Waals surface area contributed by atoms with E-state index >= 15 is 0 Å². The van der Waals surface area contributed by atoms with Crippen LogP contribution >= 0.6 is 11.3 Å². The van der Waals surface area contributed by atoms with Crippen molar-refractivity contribution >= 4 is 21.4 Å². The molecule has 0 bridgehead atoms. The van der Waals surface area contributed by atoms with E-state index in [2.05, 4.69) is 14.7 Å². The van der Waals surface area contributed by atoms with Crippen LogP contribution in [0.25, 0.3) is 0 Å². The second kappa shape index (κ2) is 5.57. The lowest BCUT2D eigenvalue weighted by Gasteiger charge is -2.23. The molecule has 0 saturated heterocycles. The highest BCUT2D eigenvalue weighted by molar-refractivity contribution is 7.89. The fourth-order valence-corrected chi connectivity index (χ4v) is 3.72. The summed E-state index contributed by atoms with van der Waals surface area (Å²) >= 11 is 1.38. The maximum Gasteiger partial charge on any atom is 0.258 e. The number of hydrogen-bond acceptors (Lipinski definition) is 6. The summed E-state index contributed by atoms with van der Waals surface area (Å²) in [7, 11) is -3.75. The zero-order chi connectivity index (χ0) is 14.8. The Balaban J connectivity index is 2.26. The van der Waals surface area contributed by atoms with Gasteiger partial charge in [-0.1, -0.05) is 6.07 Å². The summed E-state index contributed by atoms with van der Waals surface area (Å²) in [4.78, 5) is 7.99. The molecule has 0 atom stereocenters. The highest BCUT2D eigenvalue weighted by Gasteiger charge is 2.30. The van der Waals surface area contributed by atoms with Gasteiger partial charge < -0.3 is 5.11 Å². The molecule has 0 unspecified atom stereocenters. The quantitative estimate of drug-likeness (QED) is 0.866. The maximum absolute atomic E-state index is 12.3. The number of pyridine rings is 1. The van der Waals surface area contributed by atoms with E-state index in [1.165, 1.54) is 29.7 Å². The molecular formula is C12H15N3O3S2. The first-order valence-corrected chi connectivity index (χ1v) is 8.21. The molecule has 0 aliphatic carbocycles. The van der Waals surface area contributed by atoms with Crippen LogP contribution in [0, 0.1) is 0 Å². The second-order valence-corrected chi connectivity index (χ2v) is 7.25. The number of aliphatic hydroxyl groups excluding tert-OH is 1. The first-order valence-electron chi connectivity index (χ1n) is 5.85. The number of hydrogen-bond donors (Lipinski definition) is 2. The van der Waals surface area contributed by atoms with E-state index in [-0.39, 0.29) is 11.6 Å². The van der Waals surface area contributed by atoms with Crippen LogP contribution in [0.3, 0.4) is 0 Å². The van der Waals surface area contributed by atoms with E-state index in [9.17, 15) is 8.42 Å². The number of nitrogens with zero attached hydrogens (tertiary/aromatic N) is 2. The zero-order valence-corrected chi connectivity index (χ0v) is 12.7. The molecule has 0 fully saturated rings. The molecule has 0 spiro atoms. The van der Waals surface area contributed by atoms with Crippen molar-refractivity contribution in [3.05, 3.63) is 40.5 Å². The van der Waals surface area contributed by atoms with Crippen LogP contribution < -0.4 is 4.72 Å². The van der Waals surface area contributed by atoms with Gasteiger partial charge in [0.05, 0.1) is 12.1 Å². The summed E-state index contributed by atoms with van der Waals surface area (Å²) in [6.45, 7) is 3.31. The van der Waals surface area contributed by atoms with Gasteiger partial charge in [-0.3, -0.25) is 0 Å². The van der Waals surface area contributed by atoms with Crippen molar-refractivity contribution < 1.29 is 13.5 Å². The monoisotopic (exact) mass is 313 g/mol. The molecule has 6 nitrogen and oxygen atoms in total. The van der Waals surface area contributed by atoms with E-state index in [4.69, 9.17) is 5.11 Å². The Morgan fingerprint density at radius 2 is 2.10 bits per heavy atom. The molecule has 0 aliphatic heterocycles. The normalized spacial score (nSPS) is 12.6. The fourth-order valence-electron chi connectivity index (χ4n) is 1.63. The van der Waals surface area contributed by atoms with Crippen LogP contribution in [-0.4, -0.2) is 23.5 Å². The summed E-state index contributed by atoms with van der Waals surface area (Å²) in [6, 6.07) is 2.89. The third-order valence-corrected chi connectivity index (χ3v) is 5.28. The van der Waals surface area contributed by atoms with Crippen molar-refractivity contribution in [1.29, 1.82) is 0 Å². The predicted molar refractivity (Wildman–Crippen MR) is 75.6 cm³/mol. The summed E-state index contributed by atoms with van der Waals surface area (Å²) in [5.41, 5.74) is -0.257. The average molecular weight is 313 g/mol. The smallest absolute Gasteiger partial charge is 0.258 e. The van der Waals surface area contributed by atoms with Gasteiger partial charge in [-0.15, -0.1) is 11.3 Å². The number of sulfonamides is 1. The van der Waals surface area contributed by atoms with Crippen molar-refractivity contribution in [2.75, 3.05) is 0 Å². The van der Waals surface area contributed by atoms with E-state index in [0.717, 1.165) is 0 Å². The lowest BCUT2D eigenvalue weighted by atomic mass is 10.1. The van der Waals surface area contributed by atoms with E-state index in [1.54, 1.807) is 25.4 Å². The van der Waals surface area contributed by atoms with Gasteiger partial charge in [-0.05, 0) is 25.5 Å². The largest absolute Gasteiger partial charge is 0.392 e. The summed E-state index contributed by atoms with van der Waals surface area (Å²) in [5.74, 6) is 0. The highest BCUT2D eigenvalue weighted by atomic mass is 32.2. The number of nitrogens with one attached hydrogen (secondary N) is 1. The molecular weight excluding hydrogens is 298 g/mol. The molecule has 0 aromatic carbocycles. The molecule has 8 heteroatoms. The van der Waals surface area contributed by atoms with Gasteiger partial charge in [0.1, 0.15) is 5.01 Å². The lowest BCUT2D eigenvalue weighted by molar-refractivity contribution is 0.281. The Morgan fingerprint density at radius 3 is 2.60 bits per heavy atom. The summed E-state index contributed by atoms with van der Waals surface area (Å²) in [5, 5.41) is 11.3. The lowest BCUT2D eigenvalue weighted by Crippen LogP contribution is -2.41. The Hall–Kier alpha value is -1.35. The van der Waals surface area contributed by atoms with E-state index in [1.807, 2.05) is 0 Å². The third-order valence-electron chi connectivity index (χ3n) is 2.61. The molecule has 20 heavy (non-hydrogen) atoms. The van der Waals surface area contributed by atoms with Crippen molar-refractivity contribution in [3.8, 4) is 0 Å². The van der Waals surface area contributed by atoms with Crippen LogP contribution in [0.5, 0.6) is 0 Å². The first kappa shape index (κ1) is 15.0. The highest BCUT2D eigenvalue weighted by Crippen LogP contribution is 2.24. The molecule has 0 saturated carbocycles. The van der Waals surface area contributed by atoms with E-state index < -0.39 is 15.6 Å². The minimum absolute atomic E-state index is 0.0840. The van der Waals surface area contributed by atoms with Gasteiger partial charge in [0, 0.05) is 17.8 Å². The van der Waals surface area contributed by atoms with E-state index in [0.29, 0.717) is 10.6 Å². The minimum Gasteiger partial charge on any atom is -0.392 e. The molecule has 0 amide bonds. The Bertz CT molecular complexity index is 664. The second-order valence-electron chi connectivity index (χ2n) is 4.73. The summed E-state index contributed by atoms with van der Waals surface area (Å²) in [6.07, 6.45) is 2.97. The van der Waals surface area contributed by atoms with Crippen molar-refractivity contribution in [2.45, 2.75) is 31.0 Å². The Kier molecular flexibility index (Phi) is 4.19. The average Bonchev–Trinajstić information content (AvgIpc) is 2.92. The fraction of sp³-hybridized carbons (Fsp3) is 0.333. The third kappa shape index (κ3) is 3.21. The van der Waals surface area contributed by atoms with Gasteiger partial charge >= 0.3 is 0 Å². The number of rotatable bonds is 5. The van der Waals surface area contributed by atoms with Crippen LogP contribution in [-0.2, 0) is 22.2 Å². The molecule has 108 valence electrons. The molecule has 2 aromatic rings. The molecule has 0 aliphatic rings. The summed E-state index contributed by atoms with van der Waals surface area (Å²) < 4.78 is 27.2. The Labute approximate surface area is 121 Å². The van der Waals surface area contributed by atoms with Crippen molar-refractivity contribution in [1.82, 2.24) is 14.7 Å². The molecule has 2 N–H and O–H groups in total. The van der Waals surface area contributed by atoms with Crippen LogP contribution in [0.15, 0.2) is 34.9 Å².